The van der Waals surface area contributed by atoms with E-state index in [2.05, 4.69) is 11.1 Å². The van der Waals surface area contributed by atoms with Crippen LogP contribution in [0.4, 0.5) is 0 Å². The second kappa shape index (κ2) is 4.71. The van der Waals surface area contributed by atoms with E-state index in [0.717, 1.165) is 28.9 Å². The van der Waals surface area contributed by atoms with Gasteiger partial charge in [-0.25, -0.2) is 4.98 Å². The summed E-state index contributed by atoms with van der Waals surface area (Å²) in [6.45, 7) is 0.574. The van der Waals surface area contributed by atoms with Crippen molar-refractivity contribution in [2.45, 2.75) is 12.5 Å². The van der Waals surface area contributed by atoms with Crippen LogP contribution in [0.15, 0.2) is 36.5 Å². The van der Waals surface area contributed by atoms with Gasteiger partial charge >= 0.3 is 0 Å². The number of nitrogens with two attached hydrogens (primary N) is 1. The minimum absolute atomic E-state index is 0.0573. The average molecular weight is 251 g/mol. The smallest absolute Gasteiger partial charge is 0.140 e. The van der Waals surface area contributed by atoms with Crippen molar-refractivity contribution in [3.8, 4) is 22.9 Å². The zero-order chi connectivity index (χ0) is 13.2. The van der Waals surface area contributed by atoms with E-state index in [1.54, 1.807) is 12.3 Å². The fourth-order valence-electron chi connectivity index (χ4n) is 2.23. The number of hydrogen-bond donors (Lipinski definition) is 1. The van der Waals surface area contributed by atoms with Crippen molar-refractivity contribution < 1.29 is 4.74 Å². The fourth-order valence-corrected chi connectivity index (χ4v) is 2.23. The Morgan fingerprint density at radius 3 is 2.84 bits per heavy atom. The molecule has 1 atom stereocenters. The van der Waals surface area contributed by atoms with Crippen molar-refractivity contribution in [3.63, 3.8) is 0 Å². The number of aromatic nitrogens is 1. The minimum Gasteiger partial charge on any atom is -0.492 e. The van der Waals surface area contributed by atoms with Gasteiger partial charge in [-0.15, -0.1) is 0 Å². The van der Waals surface area contributed by atoms with Gasteiger partial charge in [-0.3, -0.25) is 0 Å². The minimum atomic E-state index is 0.0573. The van der Waals surface area contributed by atoms with E-state index in [1.165, 1.54) is 0 Å². The molecule has 0 radical (unpaired) electrons. The molecule has 0 fully saturated rings. The summed E-state index contributed by atoms with van der Waals surface area (Å²) in [5.74, 6) is 0.909. The Labute approximate surface area is 111 Å². The lowest BCUT2D eigenvalue weighted by Crippen LogP contribution is -2.33. The van der Waals surface area contributed by atoms with Crippen LogP contribution in [-0.4, -0.2) is 17.6 Å². The molecule has 2 aromatic rings. The number of benzene rings is 1. The number of ether oxygens (including phenoxy) is 1. The van der Waals surface area contributed by atoms with Crippen LogP contribution in [0.3, 0.4) is 0 Å². The third kappa shape index (κ3) is 2.28. The summed E-state index contributed by atoms with van der Waals surface area (Å²) in [5, 5.41) is 8.74. The van der Waals surface area contributed by atoms with Gasteiger partial charge in [0.25, 0.3) is 0 Å². The molecule has 0 spiro atoms. The topological polar surface area (TPSA) is 71.9 Å². The highest BCUT2D eigenvalue weighted by Crippen LogP contribution is 2.29. The number of rotatable bonds is 1. The van der Waals surface area contributed by atoms with E-state index in [9.17, 15) is 0 Å². The van der Waals surface area contributed by atoms with Gasteiger partial charge in [0, 0.05) is 17.8 Å². The molecule has 1 aromatic carbocycles. The standard InChI is InChI=1S/C15H13N3O/c16-7-14-3-1-11(8-18-14)10-2-4-15-12(5-10)6-13(17)9-19-15/h1-5,8,13H,6,9,17H2/t13-/m1/s1. The van der Waals surface area contributed by atoms with E-state index < -0.39 is 0 Å². The summed E-state index contributed by atoms with van der Waals surface area (Å²) in [6.07, 6.45) is 2.54. The van der Waals surface area contributed by atoms with Gasteiger partial charge in [-0.2, -0.15) is 5.26 Å². The van der Waals surface area contributed by atoms with E-state index in [1.807, 2.05) is 24.3 Å². The van der Waals surface area contributed by atoms with Crippen LogP contribution in [0, 0.1) is 11.3 Å². The first-order valence-corrected chi connectivity index (χ1v) is 6.14. The zero-order valence-corrected chi connectivity index (χ0v) is 10.3. The van der Waals surface area contributed by atoms with Crippen molar-refractivity contribution in [3.05, 3.63) is 47.8 Å². The molecular weight excluding hydrogens is 238 g/mol. The molecule has 1 aliphatic rings. The Morgan fingerprint density at radius 1 is 1.26 bits per heavy atom. The maximum atomic E-state index is 8.74. The predicted octanol–water partition coefficient (Wildman–Crippen LogP) is 1.88. The van der Waals surface area contributed by atoms with Crippen LogP contribution in [0.2, 0.25) is 0 Å². The van der Waals surface area contributed by atoms with Crippen LogP contribution in [0.5, 0.6) is 5.75 Å². The van der Waals surface area contributed by atoms with Crippen LogP contribution >= 0.6 is 0 Å². The van der Waals surface area contributed by atoms with Crippen LogP contribution < -0.4 is 10.5 Å². The van der Waals surface area contributed by atoms with Gasteiger partial charge in [0.05, 0.1) is 0 Å². The van der Waals surface area contributed by atoms with Gasteiger partial charge in [0.2, 0.25) is 0 Å². The Bertz CT molecular complexity index is 643. The summed E-state index contributed by atoms with van der Waals surface area (Å²) in [6, 6.07) is 11.7. The molecule has 1 aromatic heterocycles. The zero-order valence-electron chi connectivity index (χ0n) is 10.3. The molecule has 4 nitrogen and oxygen atoms in total. The van der Waals surface area contributed by atoms with Crippen molar-refractivity contribution in [2.24, 2.45) is 5.73 Å². The number of nitrogens with zero attached hydrogens (tertiary/aromatic N) is 2. The van der Waals surface area contributed by atoms with Gasteiger partial charge in [0.1, 0.15) is 24.1 Å². The molecule has 2 heterocycles. The Morgan fingerprint density at radius 2 is 2.11 bits per heavy atom. The van der Waals surface area contributed by atoms with Crippen molar-refractivity contribution in [1.29, 1.82) is 5.26 Å². The van der Waals surface area contributed by atoms with Gasteiger partial charge in [-0.1, -0.05) is 6.07 Å². The highest BCUT2D eigenvalue weighted by atomic mass is 16.5. The Kier molecular flexibility index (Phi) is 2.90. The number of pyridine rings is 1. The van der Waals surface area contributed by atoms with Gasteiger partial charge < -0.3 is 10.5 Å². The van der Waals surface area contributed by atoms with Gasteiger partial charge in [0.15, 0.2) is 0 Å². The SMILES string of the molecule is N#Cc1ccc(-c2ccc3c(c2)C[C@@H](N)CO3)cn1. The van der Waals surface area contributed by atoms with Crippen molar-refractivity contribution in [1.82, 2.24) is 4.98 Å². The van der Waals surface area contributed by atoms with E-state index in [4.69, 9.17) is 15.7 Å². The molecule has 3 rings (SSSR count). The first-order chi connectivity index (χ1) is 9.26. The van der Waals surface area contributed by atoms with E-state index in [-0.39, 0.29) is 6.04 Å². The predicted molar refractivity (Wildman–Crippen MR) is 71.6 cm³/mol. The first-order valence-electron chi connectivity index (χ1n) is 6.14. The average Bonchev–Trinajstić information content (AvgIpc) is 2.46. The molecule has 0 aliphatic carbocycles. The fraction of sp³-hybridized carbons (Fsp3) is 0.200. The molecule has 19 heavy (non-hydrogen) atoms. The van der Waals surface area contributed by atoms with Crippen LogP contribution in [0.1, 0.15) is 11.3 Å². The third-order valence-electron chi connectivity index (χ3n) is 3.21. The summed E-state index contributed by atoms with van der Waals surface area (Å²) in [5.41, 5.74) is 9.50. The van der Waals surface area contributed by atoms with Crippen LogP contribution in [-0.2, 0) is 6.42 Å². The normalized spacial score (nSPS) is 17.2. The lowest BCUT2D eigenvalue weighted by Gasteiger charge is -2.22. The summed E-state index contributed by atoms with van der Waals surface area (Å²) in [7, 11) is 0. The van der Waals surface area contributed by atoms with Gasteiger partial charge in [-0.05, 0) is 41.8 Å². The lowest BCUT2D eigenvalue weighted by atomic mass is 9.98. The largest absolute Gasteiger partial charge is 0.492 e. The quantitative estimate of drug-likeness (QED) is 0.840. The molecule has 0 saturated heterocycles. The second-order valence-corrected chi connectivity index (χ2v) is 4.64. The summed E-state index contributed by atoms with van der Waals surface area (Å²) >= 11 is 0. The third-order valence-corrected chi connectivity index (χ3v) is 3.21. The highest BCUT2D eigenvalue weighted by Gasteiger charge is 2.17. The Hall–Kier alpha value is -2.38. The number of nitriles is 1. The molecule has 0 amide bonds. The molecular formula is C15H13N3O. The maximum absolute atomic E-state index is 8.74. The molecule has 2 N–H and O–H groups in total. The number of fused-ring (bicyclic) bond motifs is 1. The summed E-state index contributed by atoms with van der Waals surface area (Å²) in [4.78, 5) is 4.08. The van der Waals surface area contributed by atoms with E-state index in [0.29, 0.717) is 12.3 Å². The van der Waals surface area contributed by atoms with Crippen LogP contribution in [0.25, 0.3) is 11.1 Å². The Balaban J connectivity index is 1.97. The van der Waals surface area contributed by atoms with Crippen molar-refractivity contribution in [2.75, 3.05) is 6.61 Å². The monoisotopic (exact) mass is 251 g/mol. The molecule has 94 valence electrons. The number of hydrogen-bond acceptors (Lipinski definition) is 4. The van der Waals surface area contributed by atoms with Crippen molar-refractivity contribution >= 4 is 0 Å². The summed E-state index contributed by atoms with van der Waals surface area (Å²) < 4.78 is 5.58. The maximum Gasteiger partial charge on any atom is 0.140 e. The molecule has 0 unspecified atom stereocenters. The first kappa shape index (κ1) is 11.7. The molecule has 4 heteroatoms. The lowest BCUT2D eigenvalue weighted by molar-refractivity contribution is 0.263. The van der Waals surface area contributed by atoms with E-state index >= 15 is 0 Å². The highest BCUT2D eigenvalue weighted by molar-refractivity contribution is 5.65. The molecule has 0 bridgehead atoms. The second-order valence-electron chi connectivity index (χ2n) is 4.64. The molecule has 0 saturated carbocycles. The molecule has 1 aliphatic heterocycles.